The number of hydrogen-bond acceptors (Lipinski definition) is 4. The van der Waals surface area contributed by atoms with Crippen LogP contribution in [-0.2, 0) is 11.2 Å². The summed E-state index contributed by atoms with van der Waals surface area (Å²) in [5.74, 6) is 0.104. The van der Waals surface area contributed by atoms with E-state index in [1.165, 1.54) is 10.5 Å². The summed E-state index contributed by atoms with van der Waals surface area (Å²) in [6.07, 6.45) is 2.27. The Morgan fingerprint density at radius 2 is 1.82 bits per heavy atom. The van der Waals surface area contributed by atoms with Crippen LogP contribution in [0.2, 0.25) is 0 Å². The van der Waals surface area contributed by atoms with E-state index in [9.17, 15) is 14.4 Å². The number of rotatable bonds is 5. The van der Waals surface area contributed by atoms with E-state index in [1.54, 1.807) is 12.1 Å². The highest BCUT2D eigenvalue weighted by molar-refractivity contribution is 6.09. The molecule has 8 heteroatoms. The molecule has 2 unspecified atom stereocenters. The zero-order valence-electron chi connectivity index (χ0n) is 18.5. The van der Waals surface area contributed by atoms with E-state index in [2.05, 4.69) is 34.9 Å². The van der Waals surface area contributed by atoms with Gasteiger partial charge in [0.25, 0.3) is 5.91 Å². The molecule has 2 atom stereocenters. The summed E-state index contributed by atoms with van der Waals surface area (Å²) >= 11 is 0. The molecule has 3 fully saturated rings. The Kier molecular flexibility index (Phi) is 6.72. The SMILES string of the molecule is Cl.O=C1CCN(c2ccccc2C(=O)N2CC3CNCC3(CCc3ccccc3)C2)C(=O)N1. The van der Waals surface area contributed by atoms with Crippen molar-refractivity contribution in [3.8, 4) is 0 Å². The summed E-state index contributed by atoms with van der Waals surface area (Å²) in [5.41, 5.74) is 2.49. The van der Waals surface area contributed by atoms with Gasteiger partial charge in [-0.05, 0) is 36.5 Å². The van der Waals surface area contributed by atoms with Crippen molar-refractivity contribution in [1.29, 1.82) is 0 Å². The average molecular weight is 469 g/mol. The lowest BCUT2D eigenvalue weighted by Crippen LogP contribution is -2.50. The molecule has 3 saturated heterocycles. The van der Waals surface area contributed by atoms with Crippen molar-refractivity contribution in [3.05, 3.63) is 65.7 Å². The van der Waals surface area contributed by atoms with Crippen LogP contribution in [-0.4, -0.2) is 55.5 Å². The molecule has 2 aromatic rings. The number of halogens is 1. The molecule has 174 valence electrons. The second-order valence-corrected chi connectivity index (χ2v) is 9.13. The Morgan fingerprint density at radius 1 is 1.06 bits per heavy atom. The first-order valence-electron chi connectivity index (χ1n) is 11.3. The topological polar surface area (TPSA) is 81.8 Å². The molecule has 4 amide bonds. The number of aryl methyl sites for hydroxylation is 1. The molecule has 7 nitrogen and oxygen atoms in total. The van der Waals surface area contributed by atoms with E-state index in [-0.39, 0.29) is 42.6 Å². The Balaban J connectivity index is 0.00000259. The predicted molar refractivity (Wildman–Crippen MR) is 129 cm³/mol. The molecule has 3 aliphatic rings. The maximum absolute atomic E-state index is 13.6. The molecular formula is C25H29ClN4O3. The third-order valence-electron chi connectivity index (χ3n) is 7.20. The molecule has 33 heavy (non-hydrogen) atoms. The van der Waals surface area contributed by atoms with E-state index in [1.807, 2.05) is 23.1 Å². The molecule has 0 radical (unpaired) electrons. The number of nitrogens with zero attached hydrogens (tertiary/aromatic N) is 2. The van der Waals surface area contributed by atoms with Crippen LogP contribution in [0.5, 0.6) is 0 Å². The summed E-state index contributed by atoms with van der Waals surface area (Å²) in [6, 6.07) is 17.2. The number of nitrogens with one attached hydrogen (secondary N) is 2. The standard InChI is InChI=1S/C25H28N4O3.ClH/c30-22-11-13-29(24(32)27-22)21-9-5-4-8-20(21)23(31)28-15-19-14-26-16-25(19,17-28)12-10-18-6-2-1-3-7-18;/h1-9,19,26H,10-17H2,(H,27,30,32);1H. The number of hydrogen-bond donors (Lipinski definition) is 2. The summed E-state index contributed by atoms with van der Waals surface area (Å²) in [7, 11) is 0. The Bertz CT molecular complexity index is 1050. The van der Waals surface area contributed by atoms with Gasteiger partial charge < -0.3 is 10.2 Å². The number of carbonyl (C=O) groups is 3. The van der Waals surface area contributed by atoms with Gasteiger partial charge in [-0.3, -0.25) is 19.8 Å². The zero-order chi connectivity index (χ0) is 22.1. The maximum atomic E-state index is 13.6. The van der Waals surface area contributed by atoms with Crippen LogP contribution in [0.4, 0.5) is 10.5 Å². The first kappa shape index (κ1) is 23.3. The molecule has 2 N–H and O–H groups in total. The molecule has 0 aliphatic carbocycles. The van der Waals surface area contributed by atoms with Crippen molar-refractivity contribution in [1.82, 2.24) is 15.5 Å². The van der Waals surface area contributed by atoms with Gasteiger partial charge in [0.15, 0.2) is 0 Å². The van der Waals surface area contributed by atoms with Crippen molar-refractivity contribution >= 4 is 35.9 Å². The Hall–Kier alpha value is -2.90. The summed E-state index contributed by atoms with van der Waals surface area (Å²) in [6.45, 7) is 3.57. The zero-order valence-corrected chi connectivity index (χ0v) is 19.3. The van der Waals surface area contributed by atoms with Gasteiger partial charge in [0.1, 0.15) is 0 Å². The number of anilines is 1. The van der Waals surface area contributed by atoms with Gasteiger partial charge in [0, 0.05) is 44.6 Å². The quantitative estimate of drug-likeness (QED) is 0.707. The normalized spacial score (nSPS) is 24.3. The van der Waals surface area contributed by atoms with E-state index in [4.69, 9.17) is 0 Å². The molecule has 5 rings (SSSR count). The van der Waals surface area contributed by atoms with E-state index in [0.29, 0.717) is 17.2 Å². The Labute approximate surface area is 199 Å². The number of urea groups is 1. The van der Waals surface area contributed by atoms with Crippen LogP contribution in [0, 0.1) is 11.3 Å². The highest BCUT2D eigenvalue weighted by Gasteiger charge is 2.50. The minimum Gasteiger partial charge on any atom is -0.338 e. The van der Waals surface area contributed by atoms with Crippen molar-refractivity contribution in [2.45, 2.75) is 19.3 Å². The molecule has 3 heterocycles. The number of fused-ring (bicyclic) bond motifs is 1. The monoisotopic (exact) mass is 468 g/mol. The lowest BCUT2D eigenvalue weighted by atomic mass is 9.76. The molecule has 0 saturated carbocycles. The number of amides is 4. The summed E-state index contributed by atoms with van der Waals surface area (Å²) in [5, 5.41) is 5.89. The minimum absolute atomic E-state index is 0. The number of para-hydroxylation sites is 1. The van der Waals surface area contributed by atoms with Crippen LogP contribution in [0.25, 0.3) is 0 Å². The molecule has 3 aliphatic heterocycles. The third-order valence-corrected chi connectivity index (χ3v) is 7.20. The average Bonchev–Trinajstić information content (AvgIpc) is 3.36. The largest absolute Gasteiger partial charge is 0.338 e. The first-order chi connectivity index (χ1) is 15.6. The van der Waals surface area contributed by atoms with E-state index < -0.39 is 6.03 Å². The predicted octanol–water partition coefficient (Wildman–Crippen LogP) is 2.85. The van der Waals surface area contributed by atoms with Crippen LogP contribution in [0.3, 0.4) is 0 Å². The summed E-state index contributed by atoms with van der Waals surface area (Å²) < 4.78 is 0. The van der Waals surface area contributed by atoms with Crippen LogP contribution in [0.15, 0.2) is 54.6 Å². The van der Waals surface area contributed by atoms with Gasteiger partial charge in [-0.15, -0.1) is 12.4 Å². The lowest BCUT2D eigenvalue weighted by Gasteiger charge is -2.30. The van der Waals surface area contributed by atoms with Crippen LogP contribution >= 0.6 is 12.4 Å². The number of imide groups is 1. The molecule has 0 spiro atoms. The minimum atomic E-state index is -0.469. The molecule has 0 aromatic heterocycles. The number of benzene rings is 2. The fourth-order valence-electron chi connectivity index (χ4n) is 5.43. The number of carbonyl (C=O) groups excluding carboxylic acids is 3. The Morgan fingerprint density at radius 3 is 2.61 bits per heavy atom. The second kappa shape index (κ2) is 9.53. The van der Waals surface area contributed by atoms with Crippen molar-refractivity contribution < 1.29 is 14.4 Å². The number of likely N-dealkylation sites (tertiary alicyclic amines) is 1. The maximum Gasteiger partial charge on any atom is 0.328 e. The van der Waals surface area contributed by atoms with Crippen molar-refractivity contribution in [3.63, 3.8) is 0 Å². The summed E-state index contributed by atoms with van der Waals surface area (Å²) in [4.78, 5) is 41.0. The first-order valence-corrected chi connectivity index (χ1v) is 11.3. The molecule has 0 bridgehead atoms. The second-order valence-electron chi connectivity index (χ2n) is 9.13. The van der Waals surface area contributed by atoms with E-state index in [0.717, 1.165) is 39.0 Å². The van der Waals surface area contributed by atoms with Gasteiger partial charge in [-0.1, -0.05) is 42.5 Å². The van der Waals surface area contributed by atoms with Gasteiger partial charge >= 0.3 is 6.03 Å². The van der Waals surface area contributed by atoms with Gasteiger partial charge in [0.05, 0.1) is 11.3 Å². The highest BCUT2D eigenvalue weighted by atomic mass is 35.5. The van der Waals surface area contributed by atoms with Crippen molar-refractivity contribution in [2.75, 3.05) is 37.6 Å². The smallest absolute Gasteiger partial charge is 0.328 e. The van der Waals surface area contributed by atoms with Gasteiger partial charge in [-0.25, -0.2) is 4.79 Å². The lowest BCUT2D eigenvalue weighted by molar-refractivity contribution is -0.120. The van der Waals surface area contributed by atoms with Gasteiger partial charge in [-0.2, -0.15) is 0 Å². The third kappa shape index (κ3) is 4.48. The fraction of sp³-hybridized carbons (Fsp3) is 0.400. The van der Waals surface area contributed by atoms with Crippen LogP contribution in [0.1, 0.15) is 28.8 Å². The van der Waals surface area contributed by atoms with Crippen LogP contribution < -0.4 is 15.5 Å². The highest BCUT2D eigenvalue weighted by Crippen LogP contribution is 2.43. The van der Waals surface area contributed by atoms with Gasteiger partial charge in [0.2, 0.25) is 5.91 Å². The fourth-order valence-corrected chi connectivity index (χ4v) is 5.43. The van der Waals surface area contributed by atoms with E-state index >= 15 is 0 Å². The van der Waals surface area contributed by atoms with Crippen molar-refractivity contribution in [2.24, 2.45) is 11.3 Å². The molecular weight excluding hydrogens is 440 g/mol. The molecule has 2 aromatic carbocycles.